The molecule has 0 saturated carbocycles. The van der Waals surface area contributed by atoms with E-state index in [1.54, 1.807) is 32.5 Å². The van der Waals surface area contributed by atoms with E-state index >= 15 is 0 Å². The van der Waals surface area contributed by atoms with Crippen molar-refractivity contribution in [3.05, 3.63) is 104 Å². The number of thiazole rings is 2. The molecule has 4 aromatic rings. The Bertz CT molecular complexity index is 1810. The number of benzene rings is 2. The van der Waals surface area contributed by atoms with E-state index in [1.165, 1.54) is 5.56 Å². The van der Waals surface area contributed by atoms with Crippen LogP contribution >= 0.6 is 22.7 Å². The Morgan fingerprint density at radius 1 is 0.745 bits per heavy atom. The Labute approximate surface area is 335 Å². The average molecular weight is 787 g/mol. The zero-order valence-electron chi connectivity index (χ0n) is 33.5. The molecule has 0 spiro atoms. The monoisotopic (exact) mass is 786 g/mol. The van der Waals surface area contributed by atoms with Crippen LogP contribution in [0.3, 0.4) is 0 Å². The minimum absolute atomic E-state index is 0.0159. The Hall–Kier alpha value is -4.13. The van der Waals surface area contributed by atoms with E-state index in [0.717, 1.165) is 67.2 Å². The van der Waals surface area contributed by atoms with Crippen molar-refractivity contribution in [1.29, 1.82) is 0 Å². The summed E-state index contributed by atoms with van der Waals surface area (Å²) >= 11 is 3.17. The van der Waals surface area contributed by atoms with Gasteiger partial charge in [0.2, 0.25) is 0 Å². The second-order valence-corrected chi connectivity index (χ2v) is 17.2. The molecule has 2 aliphatic rings. The van der Waals surface area contributed by atoms with Gasteiger partial charge in [-0.1, -0.05) is 74.5 Å². The van der Waals surface area contributed by atoms with Crippen molar-refractivity contribution in [3.63, 3.8) is 0 Å². The van der Waals surface area contributed by atoms with E-state index in [9.17, 15) is 14.4 Å². The number of hydrogen-bond donors (Lipinski definition) is 1. The van der Waals surface area contributed by atoms with E-state index in [0.29, 0.717) is 30.4 Å². The van der Waals surface area contributed by atoms with E-state index in [-0.39, 0.29) is 35.9 Å². The molecular weight excluding hydrogens is 729 g/mol. The lowest BCUT2D eigenvalue weighted by Gasteiger charge is -2.32. The molecule has 3 amide bonds. The van der Waals surface area contributed by atoms with Gasteiger partial charge in [0.25, 0.3) is 11.8 Å². The third-order valence-corrected chi connectivity index (χ3v) is 12.4. The number of ether oxygens (including phenoxy) is 1. The summed E-state index contributed by atoms with van der Waals surface area (Å²) in [7, 11) is 3.73. The molecule has 55 heavy (non-hydrogen) atoms. The maximum Gasteiger partial charge on any atom is 0.410 e. The fourth-order valence-electron chi connectivity index (χ4n) is 7.31. The van der Waals surface area contributed by atoms with Gasteiger partial charge in [-0.25, -0.2) is 14.8 Å². The highest BCUT2D eigenvalue weighted by Crippen LogP contribution is 2.33. The van der Waals surface area contributed by atoms with Gasteiger partial charge >= 0.3 is 6.09 Å². The van der Waals surface area contributed by atoms with Crippen LogP contribution in [0.15, 0.2) is 71.4 Å². The fourth-order valence-corrected chi connectivity index (χ4v) is 9.24. The SMILES string of the molecule is CC[C@H](c1ccccc1)N(C)C(=O)c1csc(C2CCN(C(=O)OC(C)(C)C)CC2)n1.CC[C@H](c1ccccc1)N(C)C(=O)c1csc(C2CCNCC2)n1. The first kappa shape index (κ1) is 42.0. The molecule has 2 aromatic heterocycles. The molecule has 0 aliphatic carbocycles. The smallest absolute Gasteiger partial charge is 0.410 e. The van der Waals surface area contributed by atoms with Crippen LogP contribution in [-0.4, -0.2) is 88.5 Å². The topological polar surface area (TPSA) is 108 Å². The fraction of sp³-hybridized carbons (Fsp3) is 0.512. The second kappa shape index (κ2) is 19.6. The van der Waals surface area contributed by atoms with Gasteiger partial charge in [-0.05, 0) is 83.5 Å². The largest absolute Gasteiger partial charge is 0.444 e. The summed E-state index contributed by atoms with van der Waals surface area (Å²) in [4.78, 5) is 53.0. The maximum atomic E-state index is 13.1. The molecule has 1 N–H and O–H groups in total. The van der Waals surface area contributed by atoms with Crippen molar-refractivity contribution in [2.24, 2.45) is 0 Å². The second-order valence-electron chi connectivity index (χ2n) is 15.4. The zero-order valence-corrected chi connectivity index (χ0v) is 35.1. The Morgan fingerprint density at radius 3 is 1.56 bits per heavy atom. The molecule has 0 radical (unpaired) electrons. The van der Waals surface area contributed by atoms with Gasteiger partial charge in [-0.15, -0.1) is 22.7 Å². The Kier molecular flexibility index (Phi) is 15.0. The van der Waals surface area contributed by atoms with E-state index in [4.69, 9.17) is 4.74 Å². The maximum absolute atomic E-state index is 13.1. The molecule has 0 unspecified atom stereocenters. The van der Waals surface area contributed by atoms with Gasteiger partial charge in [0, 0.05) is 49.8 Å². The number of carbonyl (C=O) groups is 3. The van der Waals surface area contributed by atoms with Crippen molar-refractivity contribution >= 4 is 40.6 Å². The molecule has 4 heterocycles. The van der Waals surface area contributed by atoms with Crippen LogP contribution in [-0.2, 0) is 4.74 Å². The summed E-state index contributed by atoms with van der Waals surface area (Å²) in [5.74, 6) is 0.734. The van der Waals surface area contributed by atoms with Gasteiger partial charge in [-0.3, -0.25) is 9.59 Å². The molecule has 10 nitrogen and oxygen atoms in total. The van der Waals surface area contributed by atoms with Gasteiger partial charge in [0.05, 0.1) is 22.1 Å². The summed E-state index contributed by atoms with van der Waals surface area (Å²) in [6.45, 7) is 13.2. The normalized spacial score (nSPS) is 16.4. The lowest BCUT2D eigenvalue weighted by atomic mass is 9.98. The zero-order chi connectivity index (χ0) is 39.5. The minimum atomic E-state index is -0.485. The van der Waals surface area contributed by atoms with Crippen LogP contribution in [0.1, 0.15) is 139 Å². The molecule has 0 bridgehead atoms. The molecule has 2 aromatic carbocycles. The van der Waals surface area contributed by atoms with Crippen LogP contribution in [0.4, 0.5) is 4.79 Å². The number of hydrogen-bond acceptors (Lipinski definition) is 9. The van der Waals surface area contributed by atoms with Crippen molar-refractivity contribution in [3.8, 4) is 0 Å². The van der Waals surface area contributed by atoms with E-state index in [2.05, 4.69) is 53.4 Å². The van der Waals surface area contributed by atoms with Gasteiger partial charge in [-0.2, -0.15) is 0 Å². The van der Waals surface area contributed by atoms with Gasteiger partial charge < -0.3 is 24.8 Å². The first-order valence-corrected chi connectivity index (χ1v) is 21.4. The Balaban J connectivity index is 0.000000218. The third-order valence-electron chi connectivity index (χ3n) is 10.4. The van der Waals surface area contributed by atoms with Crippen LogP contribution in [0.2, 0.25) is 0 Å². The molecule has 6 rings (SSSR count). The summed E-state index contributed by atoms with van der Waals surface area (Å²) < 4.78 is 5.47. The number of nitrogens with one attached hydrogen (secondary N) is 1. The number of likely N-dealkylation sites (tertiary alicyclic amines) is 1. The van der Waals surface area contributed by atoms with Gasteiger partial charge in [0.1, 0.15) is 17.0 Å². The molecular formula is C43H58N6O4S2. The average Bonchev–Trinajstić information content (AvgIpc) is 3.90. The lowest BCUT2D eigenvalue weighted by Crippen LogP contribution is -2.41. The first-order chi connectivity index (χ1) is 26.4. The summed E-state index contributed by atoms with van der Waals surface area (Å²) in [6, 6.07) is 20.4. The molecule has 2 aliphatic heterocycles. The first-order valence-electron chi connectivity index (χ1n) is 19.6. The molecule has 296 valence electrons. The highest BCUT2D eigenvalue weighted by Gasteiger charge is 2.30. The Morgan fingerprint density at radius 2 is 1.16 bits per heavy atom. The van der Waals surface area contributed by atoms with Crippen LogP contribution < -0.4 is 5.32 Å². The quantitative estimate of drug-likeness (QED) is 0.171. The van der Waals surface area contributed by atoms with Crippen LogP contribution in [0.5, 0.6) is 0 Å². The molecule has 12 heteroatoms. The number of nitrogens with zero attached hydrogens (tertiary/aromatic N) is 5. The van der Waals surface area contributed by atoms with E-state index in [1.807, 2.05) is 86.9 Å². The number of aromatic nitrogens is 2. The van der Waals surface area contributed by atoms with Gasteiger partial charge in [0.15, 0.2) is 0 Å². The molecule has 2 fully saturated rings. The number of amides is 3. The third kappa shape index (κ3) is 11.2. The highest BCUT2D eigenvalue weighted by atomic mass is 32.1. The standard InChI is InChI=1S/C24H33N3O3S.C19H25N3OS/c1-6-20(17-10-8-7-9-11-17)26(5)22(28)19-16-31-21(25-19)18-12-14-27(15-13-18)23(29)30-24(2,3)4;1-3-17(14-7-5-4-6-8-14)22(2)19(23)16-13-24-18(21-16)15-9-11-20-12-10-15/h7-11,16,18,20H,6,12-15H2,1-5H3;4-8,13,15,17,20H,3,9-12H2,1-2H3/t20-;17-/m11/s1. The van der Waals surface area contributed by atoms with Crippen LogP contribution in [0.25, 0.3) is 0 Å². The summed E-state index contributed by atoms with van der Waals surface area (Å²) in [6.07, 6.45) is 5.35. The molecule has 2 atom stereocenters. The summed E-state index contributed by atoms with van der Waals surface area (Å²) in [5, 5.41) is 9.26. The van der Waals surface area contributed by atoms with Crippen molar-refractivity contribution < 1.29 is 19.1 Å². The number of piperidine rings is 2. The van der Waals surface area contributed by atoms with Crippen LogP contribution in [0, 0.1) is 0 Å². The number of rotatable bonds is 10. The minimum Gasteiger partial charge on any atom is -0.444 e. The highest BCUT2D eigenvalue weighted by molar-refractivity contribution is 7.10. The summed E-state index contributed by atoms with van der Waals surface area (Å²) in [5.41, 5.74) is 2.91. The number of carbonyl (C=O) groups excluding carboxylic acids is 3. The van der Waals surface area contributed by atoms with Crippen molar-refractivity contribution in [2.75, 3.05) is 40.3 Å². The molecule has 2 saturated heterocycles. The predicted molar refractivity (Wildman–Crippen MR) is 222 cm³/mol. The van der Waals surface area contributed by atoms with Crippen molar-refractivity contribution in [1.82, 2.24) is 30.0 Å². The van der Waals surface area contributed by atoms with Crippen molar-refractivity contribution in [2.45, 2.75) is 103 Å². The lowest BCUT2D eigenvalue weighted by molar-refractivity contribution is 0.0204. The predicted octanol–water partition coefficient (Wildman–Crippen LogP) is 9.31. The van der Waals surface area contributed by atoms with E-state index < -0.39 is 5.60 Å².